The molecule has 30 heavy (non-hydrogen) atoms. The van der Waals surface area contributed by atoms with Gasteiger partial charge in [-0.05, 0) is 48.9 Å². The van der Waals surface area contributed by atoms with Gasteiger partial charge >= 0.3 is 0 Å². The lowest BCUT2D eigenvalue weighted by Crippen LogP contribution is -2.49. The van der Waals surface area contributed by atoms with Crippen LogP contribution in [0.1, 0.15) is 18.1 Å². The number of nitrogens with two attached hydrogens (primary N) is 1. The van der Waals surface area contributed by atoms with Crippen molar-refractivity contribution in [1.29, 1.82) is 5.26 Å². The third-order valence-corrected chi connectivity index (χ3v) is 6.09. The summed E-state index contributed by atoms with van der Waals surface area (Å²) in [5.74, 6) is -0.781. The van der Waals surface area contributed by atoms with Gasteiger partial charge in [-0.1, -0.05) is 28.1 Å². The molecule has 2 aromatic rings. The smallest absolute Gasteiger partial charge is 0.269 e. The van der Waals surface area contributed by atoms with E-state index in [1.54, 1.807) is 29.2 Å². The SMILES string of the molecule is CC1=C(C(N)=O)N(S(C)(=O)=O)C(N(Cc2ccc(Br)cc2)c2ccc(C#N)cc2)O1. The predicted molar refractivity (Wildman–Crippen MR) is 115 cm³/mol. The lowest BCUT2D eigenvalue weighted by Gasteiger charge is -2.35. The molecule has 1 aliphatic heterocycles. The first-order valence-corrected chi connectivity index (χ1v) is 11.4. The third-order valence-electron chi connectivity index (χ3n) is 4.49. The summed E-state index contributed by atoms with van der Waals surface area (Å²) >= 11 is 3.39. The lowest BCUT2D eigenvalue weighted by atomic mass is 10.1. The van der Waals surface area contributed by atoms with Gasteiger partial charge in [-0.2, -0.15) is 5.26 Å². The van der Waals surface area contributed by atoms with Crippen LogP contribution in [0.5, 0.6) is 0 Å². The Balaban J connectivity index is 2.09. The van der Waals surface area contributed by atoms with E-state index in [0.29, 0.717) is 11.3 Å². The quantitative estimate of drug-likeness (QED) is 0.664. The number of hydrogen-bond acceptors (Lipinski definition) is 6. The van der Waals surface area contributed by atoms with Gasteiger partial charge in [0, 0.05) is 16.7 Å². The molecule has 1 unspecified atom stereocenters. The summed E-state index contributed by atoms with van der Waals surface area (Å²) in [6.07, 6.45) is -0.166. The van der Waals surface area contributed by atoms with Crippen molar-refractivity contribution in [2.24, 2.45) is 5.73 Å². The van der Waals surface area contributed by atoms with E-state index in [4.69, 9.17) is 15.7 Å². The number of carbonyl (C=O) groups excluding carboxylic acids is 1. The van der Waals surface area contributed by atoms with Crippen molar-refractivity contribution in [1.82, 2.24) is 4.31 Å². The van der Waals surface area contributed by atoms with Crippen molar-refractivity contribution in [2.75, 3.05) is 11.2 Å². The van der Waals surface area contributed by atoms with E-state index < -0.39 is 22.3 Å². The number of anilines is 1. The number of sulfonamides is 1. The molecule has 156 valence electrons. The summed E-state index contributed by atoms with van der Waals surface area (Å²) in [5.41, 5.74) is 7.17. The van der Waals surface area contributed by atoms with Crippen LogP contribution in [0.25, 0.3) is 0 Å². The monoisotopic (exact) mass is 490 g/mol. The first-order valence-electron chi connectivity index (χ1n) is 8.80. The summed E-state index contributed by atoms with van der Waals surface area (Å²) in [6, 6.07) is 16.2. The number of carbonyl (C=O) groups is 1. The maximum atomic E-state index is 12.6. The lowest BCUT2D eigenvalue weighted by molar-refractivity contribution is -0.115. The van der Waals surface area contributed by atoms with E-state index in [0.717, 1.165) is 20.6 Å². The molecule has 0 aliphatic carbocycles. The highest BCUT2D eigenvalue weighted by Gasteiger charge is 2.44. The number of primary amides is 1. The Morgan fingerprint density at radius 2 is 1.83 bits per heavy atom. The fourth-order valence-corrected chi connectivity index (χ4v) is 4.44. The number of amides is 1. The van der Waals surface area contributed by atoms with E-state index in [1.807, 2.05) is 30.3 Å². The van der Waals surface area contributed by atoms with Crippen molar-refractivity contribution in [2.45, 2.75) is 19.8 Å². The predicted octanol–water partition coefficient (Wildman–Crippen LogP) is 2.62. The molecule has 10 heteroatoms. The Hall–Kier alpha value is -3.03. The van der Waals surface area contributed by atoms with E-state index in [1.165, 1.54) is 6.92 Å². The van der Waals surface area contributed by atoms with Crippen LogP contribution < -0.4 is 10.6 Å². The highest BCUT2D eigenvalue weighted by molar-refractivity contribution is 9.10. The van der Waals surface area contributed by atoms with Crippen LogP contribution in [-0.2, 0) is 26.1 Å². The van der Waals surface area contributed by atoms with Crippen molar-refractivity contribution in [3.63, 3.8) is 0 Å². The highest BCUT2D eigenvalue weighted by atomic mass is 79.9. The summed E-state index contributed by atoms with van der Waals surface area (Å²) < 4.78 is 32.7. The van der Waals surface area contributed by atoms with E-state index in [2.05, 4.69) is 15.9 Å². The molecule has 1 atom stereocenters. The molecule has 1 aliphatic rings. The Morgan fingerprint density at radius 1 is 1.23 bits per heavy atom. The first-order chi connectivity index (χ1) is 14.1. The molecule has 0 saturated carbocycles. The molecule has 0 fully saturated rings. The number of hydrogen-bond donors (Lipinski definition) is 1. The summed E-state index contributed by atoms with van der Waals surface area (Å²) in [4.78, 5) is 13.7. The first kappa shape index (κ1) is 21.7. The number of nitrogens with zero attached hydrogens (tertiary/aromatic N) is 3. The number of benzene rings is 2. The fourth-order valence-electron chi connectivity index (χ4n) is 3.14. The van der Waals surface area contributed by atoms with Crippen molar-refractivity contribution in [3.05, 3.63) is 75.6 Å². The molecular formula is C20H19BrN4O4S. The minimum absolute atomic E-state index is 0.118. The zero-order chi connectivity index (χ0) is 22.1. The molecule has 0 bridgehead atoms. The number of halogens is 1. The zero-order valence-corrected chi connectivity index (χ0v) is 18.6. The molecule has 2 aromatic carbocycles. The Kier molecular flexibility index (Phi) is 6.05. The number of rotatable bonds is 6. The Bertz CT molecular complexity index is 1140. The number of ether oxygens (including phenoxy) is 1. The zero-order valence-electron chi connectivity index (χ0n) is 16.2. The van der Waals surface area contributed by atoms with Gasteiger partial charge in [-0.25, -0.2) is 12.7 Å². The summed E-state index contributed by atoms with van der Waals surface area (Å²) in [7, 11) is -3.90. The minimum atomic E-state index is -3.90. The van der Waals surface area contributed by atoms with E-state index in [-0.39, 0.29) is 18.0 Å². The van der Waals surface area contributed by atoms with Gasteiger partial charge in [-0.15, -0.1) is 0 Å². The van der Waals surface area contributed by atoms with E-state index >= 15 is 0 Å². The standard InChI is InChI=1S/C20H19BrN4O4S/c1-13-18(19(23)26)25(30(2,27)28)20(29-13)24(12-15-3-7-16(21)8-4-15)17-9-5-14(11-22)6-10-17/h3-10,20H,12H2,1-2H3,(H2,23,26). The van der Waals surface area contributed by atoms with Gasteiger partial charge < -0.3 is 15.4 Å². The summed E-state index contributed by atoms with van der Waals surface area (Å²) in [5, 5.41) is 9.08. The molecule has 3 rings (SSSR count). The second kappa shape index (κ2) is 8.38. The van der Waals surface area contributed by atoms with Crippen LogP contribution in [0, 0.1) is 11.3 Å². The minimum Gasteiger partial charge on any atom is -0.453 e. The van der Waals surface area contributed by atoms with Crippen LogP contribution in [0.4, 0.5) is 5.69 Å². The van der Waals surface area contributed by atoms with Gasteiger partial charge in [-0.3, -0.25) is 4.79 Å². The van der Waals surface area contributed by atoms with Crippen LogP contribution in [-0.4, -0.2) is 31.2 Å². The molecule has 0 spiro atoms. The van der Waals surface area contributed by atoms with Gasteiger partial charge in [0.15, 0.2) is 5.70 Å². The van der Waals surface area contributed by atoms with Crippen LogP contribution in [0.15, 0.2) is 64.5 Å². The van der Waals surface area contributed by atoms with Crippen molar-refractivity contribution < 1.29 is 17.9 Å². The van der Waals surface area contributed by atoms with Gasteiger partial charge in [0.05, 0.1) is 17.9 Å². The number of allylic oxidation sites excluding steroid dienone is 1. The molecule has 0 saturated heterocycles. The van der Waals surface area contributed by atoms with Gasteiger partial charge in [0.25, 0.3) is 12.3 Å². The molecule has 1 heterocycles. The molecule has 1 amide bonds. The van der Waals surface area contributed by atoms with Gasteiger partial charge in [0.1, 0.15) is 5.76 Å². The average molecular weight is 491 g/mol. The molecule has 0 aromatic heterocycles. The molecular weight excluding hydrogens is 472 g/mol. The molecule has 0 radical (unpaired) electrons. The Morgan fingerprint density at radius 3 is 2.33 bits per heavy atom. The second-order valence-corrected chi connectivity index (χ2v) is 9.46. The molecule has 8 nitrogen and oxygen atoms in total. The topological polar surface area (TPSA) is 117 Å². The fraction of sp³-hybridized carbons (Fsp3) is 0.200. The average Bonchev–Trinajstić information content (AvgIpc) is 3.05. The number of nitriles is 1. The normalized spacial score (nSPS) is 16.2. The maximum Gasteiger partial charge on any atom is 0.269 e. The second-order valence-electron chi connectivity index (χ2n) is 6.69. The largest absolute Gasteiger partial charge is 0.453 e. The maximum absolute atomic E-state index is 12.6. The highest BCUT2D eigenvalue weighted by Crippen LogP contribution is 2.34. The van der Waals surface area contributed by atoms with Gasteiger partial charge in [0.2, 0.25) is 10.0 Å². The van der Waals surface area contributed by atoms with Crippen LogP contribution in [0.2, 0.25) is 0 Å². The molecule has 2 N–H and O–H groups in total. The third kappa shape index (κ3) is 4.42. The van der Waals surface area contributed by atoms with Crippen LogP contribution >= 0.6 is 15.9 Å². The van der Waals surface area contributed by atoms with E-state index in [9.17, 15) is 13.2 Å². The Labute approximate surface area is 183 Å². The summed E-state index contributed by atoms with van der Waals surface area (Å²) in [6.45, 7) is 1.77. The van der Waals surface area contributed by atoms with Crippen molar-refractivity contribution >= 4 is 37.5 Å². The van der Waals surface area contributed by atoms with Crippen LogP contribution in [0.3, 0.4) is 0 Å². The van der Waals surface area contributed by atoms with Crippen molar-refractivity contribution in [3.8, 4) is 6.07 Å².